The normalized spacial score (nSPS) is 17.1. The molecule has 1 aliphatic rings. The van der Waals surface area contributed by atoms with E-state index in [0.29, 0.717) is 53.4 Å². The molecule has 228 valence electrons. The van der Waals surface area contributed by atoms with E-state index in [-0.39, 0.29) is 11.7 Å². The largest absolute Gasteiger partial charge is 0.494 e. The monoisotopic (exact) mass is 620 g/mol. The zero-order valence-corrected chi connectivity index (χ0v) is 26.4. The molecule has 12 nitrogen and oxygen atoms in total. The number of nitrogens with zero attached hydrogens (tertiary/aromatic N) is 6. The second-order valence-electron chi connectivity index (χ2n) is 11.3. The van der Waals surface area contributed by atoms with Crippen molar-refractivity contribution in [2.24, 2.45) is 0 Å². The van der Waals surface area contributed by atoms with Gasteiger partial charge in [0, 0.05) is 37.3 Å². The molecule has 0 bridgehead atoms. The molecule has 1 aromatic carbocycles. The number of sulfone groups is 1. The number of carbonyl (C=O) groups is 1. The molecule has 1 saturated heterocycles. The van der Waals surface area contributed by atoms with Gasteiger partial charge in [-0.15, -0.1) is 10.2 Å². The van der Waals surface area contributed by atoms with Crippen molar-refractivity contribution < 1.29 is 27.4 Å². The van der Waals surface area contributed by atoms with Crippen molar-refractivity contribution in [1.29, 1.82) is 0 Å². The Bertz CT molecular complexity index is 1500. The van der Waals surface area contributed by atoms with Crippen molar-refractivity contribution in [3.8, 4) is 17.2 Å². The molecule has 0 radical (unpaired) electrons. The van der Waals surface area contributed by atoms with Gasteiger partial charge in [0.05, 0.1) is 24.5 Å². The first kappa shape index (κ1) is 31.5. The number of methoxy groups -OCH3 is 2. The molecular formula is C28H37ClN6O6S. The van der Waals surface area contributed by atoms with Crippen molar-refractivity contribution in [3.63, 3.8) is 0 Å². The number of likely N-dealkylation sites (tertiary alicyclic amines) is 1. The third kappa shape index (κ3) is 6.78. The van der Waals surface area contributed by atoms with Crippen LogP contribution in [-0.2, 0) is 20.3 Å². The van der Waals surface area contributed by atoms with Gasteiger partial charge in [-0.2, -0.15) is 0 Å². The number of hydrogen-bond donors (Lipinski definition) is 0. The van der Waals surface area contributed by atoms with Crippen LogP contribution in [0.25, 0.3) is 5.69 Å². The molecule has 0 aliphatic carbocycles. The Kier molecular flexibility index (Phi) is 9.31. The van der Waals surface area contributed by atoms with E-state index in [1.807, 2.05) is 20.8 Å². The molecule has 42 heavy (non-hydrogen) atoms. The Balaban J connectivity index is 1.73. The number of amides is 1. The van der Waals surface area contributed by atoms with Crippen molar-refractivity contribution in [2.75, 3.05) is 27.3 Å². The Morgan fingerprint density at radius 1 is 1.10 bits per heavy atom. The van der Waals surface area contributed by atoms with Crippen molar-refractivity contribution in [3.05, 3.63) is 53.1 Å². The summed E-state index contributed by atoms with van der Waals surface area (Å²) in [5.74, 6) is 0.797. The lowest BCUT2D eigenvalue weighted by atomic mass is 10.1. The van der Waals surface area contributed by atoms with E-state index in [9.17, 15) is 13.2 Å². The van der Waals surface area contributed by atoms with Gasteiger partial charge in [0.1, 0.15) is 40.2 Å². The number of aromatic nitrogens is 5. The van der Waals surface area contributed by atoms with Gasteiger partial charge in [0.15, 0.2) is 15.7 Å². The summed E-state index contributed by atoms with van der Waals surface area (Å²) in [6.45, 7) is 9.62. The van der Waals surface area contributed by atoms with Gasteiger partial charge in [-0.25, -0.2) is 23.2 Å². The molecule has 3 aromatic rings. The van der Waals surface area contributed by atoms with Crippen LogP contribution in [0.3, 0.4) is 0 Å². The van der Waals surface area contributed by atoms with E-state index in [1.165, 1.54) is 26.6 Å². The molecule has 3 atom stereocenters. The van der Waals surface area contributed by atoms with Gasteiger partial charge in [0.2, 0.25) is 0 Å². The Labute approximate surface area is 251 Å². The molecule has 4 rings (SSSR count). The molecular weight excluding hydrogens is 584 g/mol. The van der Waals surface area contributed by atoms with Crippen LogP contribution in [0.15, 0.2) is 30.6 Å². The molecule has 3 heterocycles. The summed E-state index contributed by atoms with van der Waals surface area (Å²) in [4.78, 5) is 22.8. The summed E-state index contributed by atoms with van der Waals surface area (Å²) in [5, 5.41) is 8.36. The maximum Gasteiger partial charge on any atom is 0.410 e. The molecule has 0 N–H and O–H groups in total. The van der Waals surface area contributed by atoms with E-state index < -0.39 is 38.5 Å². The first-order valence-corrected chi connectivity index (χ1v) is 15.7. The minimum absolute atomic E-state index is 0.194. The van der Waals surface area contributed by atoms with Gasteiger partial charge in [-0.3, -0.25) is 4.57 Å². The molecule has 2 aromatic heterocycles. The SMILES string of the molecule is COc1cccc(OC)c1-n1c(CS(=O)(=O)[C@@H](C)[C@H](C)c2ncc(Cl)cn2)nnc1[C@@H]1CCN(C(=O)OC(C)(C)C)C1. The van der Waals surface area contributed by atoms with Crippen LogP contribution in [0, 0.1) is 0 Å². The highest BCUT2D eigenvalue weighted by molar-refractivity contribution is 7.91. The zero-order valence-electron chi connectivity index (χ0n) is 24.9. The number of ether oxygens (including phenoxy) is 3. The summed E-state index contributed by atoms with van der Waals surface area (Å²) in [6, 6.07) is 5.28. The molecule has 14 heteroatoms. The van der Waals surface area contributed by atoms with E-state index >= 15 is 0 Å². The third-order valence-corrected chi connectivity index (χ3v) is 9.63. The summed E-state index contributed by atoms with van der Waals surface area (Å²) in [7, 11) is -0.753. The maximum absolute atomic E-state index is 13.8. The lowest BCUT2D eigenvalue weighted by Gasteiger charge is -2.24. The zero-order chi connectivity index (χ0) is 30.8. The van der Waals surface area contributed by atoms with Crippen molar-refractivity contribution in [2.45, 2.75) is 69.5 Å². The van der Waals surface area contributed by atoms with Gasteiger partial charge in [-0.1, -0.05) is 24.6 Å². The summed E-state index contributed by atoms with van der Waals surface area (Å²) < 4.78 is 46.1. The van der Waals surface area contributed by atoms with E-state index in [4.69, 9.17) is 25.8 Å². The first-order chi connectivity index (χ1) is 19.8. The second kappa shape index (κ2) is 12.4. The van der Waals surface area contributed by atoms with Crippen LogP contribution < -0.4 is 9.47 Å². The average molecular weight is 621 g/mol. The fourth-order valence-corrected chi connectivity index (χ4v) is 6.49. The van der Waals surface area contributed by atoms with Crippen molar-refractivity contribution >= 4 is 27.5 Å². The molecule has 1 aliphatic heterocycles. The number of hydrogen-bond acceptors (Lipinski definition) is 10. The van der Waals surface area contributed by atoms with Gasteiger partial charge in [-0.05, 0) is 46.2 Å². The number of halogens is 1. The average Bonchev–Trinajstić information content (AvgIpc) is 3.58. The van der Waals surface area contributed by atoms with Gasteiger partial charge >= 0.3 is 6.09 Å². The van der Waals surface area contributed by atoms with Crippen LogP contribution in [0.4, 0.5) is 4.79 Å². The van der Waals surface area contributed by atoms with Gasteiger partial charge < -0.3 is 19.1 Å². The van der Waals surface area contributed by atoms with Crippen LogP contribution in [0.5, 0.6) is 11.5 Å². The first-order valence-electron chi connectivity index (χ1n) is 13.6. The Morgan fingerprint density at radius 3 is 2.29 bits per heavy atom. The molecule has 0 unspecified atom stereocenters. The van der Waals surface area contributed by atoms with E-state index in [2.05, 4.69) is 20.2 Å². The lowest BCUT2D eigenvalue weighted by Crippen LogP contribution is -2.35. The second-order valence-corrected chi connectivity index (χ2v) is 14.1. The summed E-state index contributed by atoms with van der Waals surface area (Å²) >= 11 is 5.92. The number of rotatable bonds is 9. The summed E-state index contributed by atoms with van der Waals surface area (Å²) in [5.41, 5.74) is -0.156. The molecule has 0 saturated carbocycles. The fraction of sp³-hybridized carbons (Fsp3) is 0.536. The predicted molar refractivity (Wildman–Crippen MR) is 157 cm³/mol. The molecule has 0 spiro atoms. The van der Waals surface area contributed by atoms with Crippen LogP contribution in [0.2, 0.25) is 5.02 Å². The van der Waals surface area contributed by atoms with E-state index in [0.717, 1.165) is 0 Å². The highest BCUT2D eigenvalue weighted by Crippen LogP contribution is 2.38. The Hall–Kier alpha value is -3.45. The Morgan fingerprint density at radius 2 is 1.71 bits per heavy atom. The lowest BCUT2D eigenvalue weighted by molar-refractivity contribution is 0.0292. The van der Waals surface area contributed by atoms with Crippen LogP contribution >= 0.6 is 11.6 Å². The fourth-order valence-electron chi connectivity index (χ4n) is 4.84. The molecule has 1 amide bonds. The predicted octanol–water partition coefficient (Wildman–Crippen LogP) is 4.56. The van der Waals surface area contributed by atoms with Crippen molar-refractivity contribution in [1.82, 2.24) is 29.6 Å². The number of para-hydroxylation sites is 1. The topological polar surface area (TPSA) is 139 Å². The van der Waals surface area contributed by atoms with Gasteiger partial charge in [0.25, 0.3) is 0 Å². The smallest absolute Gasteiger partial charge is 0.410 e. The minimum Gasteiger partial charge on any atom is -0.494 e. The third-order valence-electron chi connectivity index (χ3n) is 7.23. The molecule has 1 fully saturated rings. The van der Waals surface area contributed by atoms with Crippen LogP contribution in [-0.4, -0.2) is 82.3 Å². The minimum atomic E-state index is -3.80. The standard InChI is InChI=1S/C28H37ClN6O6S/c1-17(25-30-13-20(29)14-31-25)18(2)42(37,38)16-23-32-33-26(19-11-12-34(15-19)27(36)41-28(3,4)5)35(23)24-21(39-6)9-8-10-22(24)40-7/h8-10,13-14,17-19H,11-12,15-16H2,1-7H3/t17-,18-,19+/m0/s1. The van der Waals surface area contributed by atoms with Crippen LogP contribution in [0.1, 0.15) is 70.3 Å². The quantitative estimate of drug-likeness (QED) is 0.334. The number of carbonyl (C=O) groups excluding carboxylic acids is 1. The van der Waals surface area contributed by atoms with E-state index in [1.54, 1.807) is 41.5 Å². The highest BCUT2D eigenvalue weighted by Gasteiger charge is 2.37. The summed E-state index contributed by atoms with van der Waals surface area (Å²) in [6.07, 6.45) is 3.06. The maximum atomic E-state index is 13.8. The highest BCUT2D eigenvalue weighted by atomic mass is 35.5. The number of benzene rings is 1.